The average molecular weight is 347 g/mol. The van der Waals surface area contributed by atoms with Gasteiger partial charge >= 0.3 is 0 Å². The molecule has 0 fully saturated rings. The van der Waals surface area contributed by atoms with Crippen LogP contribution in [0.4, 0.5) is 0 Å². The summed E-state index contributed by atoms with van der Waals surface area (Å²) in [4.78, 5) is 1.37. The first-order chi connectivity index (χ1) is 11.7. The van der Waals surface area contributed by atoms with E-state index in [2.05, 4.69) is 79.2 Å². The van der Waals surface area contributed by atoms with Crippen molar-refractivity contribution in [2.45, 2.75) is 6.92 Å². The summed E-state index contributed by atoms with van der Waals surface area (Å²) >= 11 is 3.81. The molecule has 3 heteroatoms. The minimum Gasteiger partial charge on any atom is -0.175 e. The number of thiophene rings is 1. The van der Waals surface area contributed by atoms with E-state index in [4.69, 9.17) is 0 Å². The van der Waals surface area contributed by atoms with Gasteiger partial charge in [0.15, 0.2) is 0 Å². The summed E-state index contributed by atoms with van der Waals surface area (Å²) in [6.45, 7) is 2.19. The maximum absolute atomic E-state index is 2.36. The second kappa shape index (κ2) is 5.13. The van der Waals surface area contributed by atoms with Gasteiger partial charge in [0.05, 0.1) is 5.56 Å². The maximum atomic E-state index is 2.36. The Morgan fingerprint density at radius 3 is 2.50 bits per heavy atom. The number of benzene rings is 3. The quantitative estimate of drug-likeness (QED) is 0.324. The monoisotopic (exact) mass is 346 g/mol. The second-order valence-corrected chi connectivity index (χ2v) is 8.21. The van der Waals surface area contributed by atoms with Crippen LogP contribution in [-0.2, 0) is 7.05 Å². The molecule has 5 aromatic rings. The number of aromatic nitrogens is 1. The molecule has 0 unspecified atom stereocenters. The molecule has 24 heavy (non-hydrogen) atoms. The van der Waals surface area contributed by atoms with Gasteiger partial charge in [-0.2, -0.15) is 4.57 Å². The molecule has 2 aromatic heterocycles. The van der Waals surface area contributed by atoms with E-state index in [1.165, 1.54) is 46.5 Å². The Hall–Kier alpha value is -2.23. The van der Waals surface area contributed by atoms with E-state index in [0.29, 0.717) is 0 Å². The number of thiazole rings is 1. The SMILES string of the molecule is Cc1ccccc1-c1sc2c3c(ccc4ccccc43)sc2[n+]1C. The first kappa shape index (κ1) is 14.1. The van der Waals surface area contributed by atoms with Crippen LogP contribution in [0.5, 0.6) is 0 Å². The summed E-state index contributed by atoms with van der Waals surface area (Å²) in [6, 6.07) is 21.9. The van der Waals surface area contributed by atoms with Crippen LogP contribution >= 0.6 is 22.7 Å². The molecular formula is C21H16NS2+. The lowest BCUT2D eigenvalue weighted by atomic mass is 10.1. The molecule has 0 bridgehead atoms. The Bertz CT molecular complexity index is 1230. The number of hydrogen-bond acceptors (Lipinski definition) is 2. The first-order valence-corrected chi connectivity index (χ1v) is 9.66. The van der Waals surface area contributed by atoms with Gasteiger partial charge in [-0.25, -0.2) is 0 Å². The van der Waals surface area contributed by atoms with Crippen LogP contribution in [0, 0.1) is 6.92 Å². The van der Waals surface area contributed by atoms with Gasteiger partial charge in [0.25, 0.3) is 9.84 Å². The minimum absolute atomic E-state index is 1.32. The molecule has 0 atom stereocenters. The van der Waals surface area contributed by atoms with Gasteiger partial charge in [-0.15, -0.1) is 0 Å². The third-order valence-corrected chi connectivity index (χ3v) is 7.35. The fourth-order valence-corrected chi connectivity index (χ4v) is 6.21. The van der Waals surface area contributed by atoms with E-state index in [-0.39, 0.29) is 0 Å². The van der Waals surface area contributed by atoms with Crippen LogP contribution in [0.25, 0.3) is 41.0 Å². The molecule has 0 radical (unpaired) electrons. The van der Waals surface area contributed by atoms with Crippen LogP contribution in [0.2, 0.25) is 0 Å². The van der Waals surface area contributed by atoms with Gasteiger partial charge in [0.1, 0.15) is 11.7 Å². The zero-order valence-corrected chi connectivity index (χ0v) is 15.2. The van der Waals surface area contributed by atoms with Crippen molar-refractivity contribution in [3.63, 3.8) is 0 Å². The van der Waals surface area contributed by atoms with Crippen LogP contribution in [0.3, 0.4) is 0 Å². The van der Waals surface area contributed by atoms with Gasteiger partial charge in [-0.05, 0) is 35.4 Å². The molecule has 116 valence electrons. The lowest BCUT2D eigenvalue weighted by Gasteiger charge is -2.00. The lowest BCUT2D eigenvalue weighted by Crippen LogP contribution is -2.27. The zero-order chi connectivity index (χ0) is 16.3. The van der Waals surface area contributed by atoms with Crippen LogP contribution in [0.15, 0.2) is 60.7 Å². The van der Waals surface area contributed by atoms with Crippen molar-refractivity contribution in [1.29, 1.82) is 0 Å². The largest absolute Gasteiger partial charge is 0.281 e. The predicted molar refractivity (Wildman–Crippen MR) is 106 cm³/mol. The highest BCUT2D eigenvalue weighted by atomic mass is 32.1. The average Bonchev–Trinajstić information content (AvgIpc) is 3.12. The zero-order valence-electron chi connectivity index (χ0n) is 13.5. The summed E-state index contributed by atoms with van der Waals surface area (Å²) in [5.41, 5.74) is 2.66. The van der Waals surface area contributed by atoms with Crippen molar-refractivity contribution >= 4 is 53.1 Å². The standard InChI is InChI=1S/C21H16NS2/c1-13-7-3-5-9-15(13)20-22(2)21-19(24-20)18-16-10-6-4-8-14(16)11-12-17(18)23-21/h3-12H,1-2H3/q+1. The van der Waals surface area contributed by atoms with E-state index in [1.54, 1.807) is 0 Å². The molecule has 0 amide bonds. The normalized spacial score (nSPS) is 11.8. The molecule has 0 N–H and O–H groups in total. The van der Waals surface area contributed by atoms with Gasteiger partial charge in [0, 0.05) is 10.1 Å². The Balaban J connectivity index is 1.92. The van der Waals surface area contributed by atoms with Crippen molar-refractivity contribution in [3.05, 3.63) is 66.2 Å². The smallest absolute Gasteiger partial charge is 0.175 e. The highest BCUT2D eigenvalue weighted by Crippen LogP contribution is 2.42. The molecule has 0 aliphatic carbocycles. The summed E-state index contributed by atoms with van der Waals surface area (Å²) in [7, 11) is 2.19. The maximum Gasteiger partial charge on any atom is 0.281 e. The van der Waals surface area contributed by atoms with E-state index in [1.807, 2.05) is 22.7 Å². The molecule has 5 rings (SSSR count). The lowest BCUT2D eigenvalue weighted by molar-refractivity contribution is -0.627. The number of nitrogens with zero attached hydrogens (tertiary/aromatic N) is 1. The molecule has 2 heterocycles. The van der Waals surface area contributed by atoms with Crippen molar-refractivity contribution < 1.29 is 4.57 Å². The highest BCUT2D eigenvalue weighted by Gasteiger charge is 2.24. The molecule has 0 aliphatic heterocycles. The summed E-state index contributed by atoms with van der Waals surface area (Å²) in [6.07, 6.45) is 0. The molecule has 0 saturated carbocycles. The molecule has 3 aromatic carbocycles. The van der Waals surface area contributed by atoms with E-state index in [9.17, 15) is 0 Å². The van der Waals surface area contributed by atoms with E-state index < -0.39 is 0 Å². The van der Waals surface area contributed by atoms with Crippen molar-refractivity contribution in [3.8, 4) is 10.6 Å². The number of rotatable bonds is 1. The summed E-state index contributed by atoms with van der Waals surface area (Å²) in [5.74, 6) is 0. The Kier molecular flexibility index (Phi) is 3.02. The summed E-state index contributed by atoms with van der Waals surface area (Å²) in [5, 5.41) is 5.43. The Morgan fingerprint density at radius 1 is 0.833 bits per heavy atom. The van der Waals surface area contributed by atoms with Crippen molar-refractivity contribution in [2.75, 3.05) is 0 Å². The Labute approximate surface area is 148 Å². The molecule has 0 saturated heterocycles. The molecule has 1 nitrogen and oxygen atoms in total. The van der Waals surface area contributed by atoms with Gasteiger partial charge in [-0.1, -0.05) is 71.2 Å². The van der Waals surface area contributed by atoms with Crippen LogP contribution in [0.1, 0.15) is 5.56 Å². The molecular weight excluding hydrogens is 330 g/mol. The van der Waals surface area contributed by atoms with E-state index in [0.717, 1.165) is 0 Å². The minimum atomic E-state index is 1.32. The number of fused-ring (bicyclic) bond motifs is 5. The number of aryl methyl sites for hydroxylation is 2. The van der Waals surface area contributed by atoms with Crippen molar-refractivity contribution in [1.82, 2.24) is 0 Å². The first-order valence-electron chi connectivity index (χ1n) is 8.03. The molecule has 0 aliphatic rings. The third-order valence-electron chi connectivity index (χ3n) is 4.70. The second-order valence-electron chi connectivity index (χ2n) is 6.18. The Morgan fingerprint density at radius 2 is 1.62 bits per heavy atom. The van der Waals surface area contributed by atoms with E-state index >= 15 is 0 Å². The topological polar surface area (TPSA) is 3.88 Å². The van der Waals surface area contributed by atoms with Gasteiger partial charge in [-0.3, -0.25) is 0 Å². The summed E-state index contributed by atoms with van der Waals surface area (Å²) < 4.78 is 5.15. The highest BCUT2D eigenvalue weighted by molar-refractivity contribution is 7.32. The van der Waals surface area contributed by atoms with Gasteiger partial charge in [0.2, 0.25) is 0 Å². The fourth-order valence-electron chi connectivity index (χ4n) is 3.45. The van der Waals surface area contributed by atoms with Crippen LogP contribution in [-0.4, -0.2) is 0 Å². The van der Waals surface area contributed by atoms with Gasteiger partial charge < -0.3 is 0 Å². The predicted octanol–water partition coefficient (Wildman–Crippen LogP) is 6.07. The van der Waals surface area contributed by atoms with Crippen molar-refractivity contribution in [2.24, 2.45) is 7.05 Å². The number of hydrogen-bond donors (Lipinski definition) is 0. The molecule has 0 spiro atoms. The third kappa shape index (κ3) is 1.89. The van der Waals surface area contributed by atoms with Crippen LogP contribution < -0.4 is 4.57 Å². The fraction of sp³-hybridized carbons (Fsp3) is 0.0952.